The summed E-state index contributed by atoms with van der Waals surface area (Å²) in [5.74, 6) is 0.353. The predicted octanol–water partition coefficient (Wildman–Crippen LogP) is 3.68. The molecule has 2 aromatic carbocycles. The Morgan fingerprint density at radius 1 is 1.11 bits per heavy atom. The van der Waals surface area contributed by atoms with E-state index in [-0.39, 0.29) is 60.5 Å². The molecule has 250 valence electrons. The van der Waals surface area contributed by atoms with Crippen LogP contribution >= 0.6 is 11.3 Å². The number of rotatable bonds is 12. The van der Waals surface area contributed by atoms with Gasteiger partial charge in [-0.15, -0.1) is 0 Å². The van der Waals surface area contributed by atoms with Crippen molar-refractivity contribution in [3.63, 3.8) is 0 Å². The predicted molar refractivity (Wildman–Crippen MR) is 177 cm³/mol. The summed E-state index contributed by atoms with van der Waals surface area (Å²) in [4.78, 5) is 31.2. The molecule has 0 aliphatic carbocycles. The van der Waals surface area contributed by atoms with Crippen molar-refractivity contribution in [2.45, 2.75) is 42.4 Å². The van der Waals surface area contributed by atoms with E-state index in [2.05, 4.69) is 4.98 Å². The third kappa shape index (κ3) is 7.16. The maximum Gasteiger partial charge on any atom is 0.326 e. The number of sulfonamides is 1. The summed E-state index contributed by atoms with van der Waals surface area (Å²) in [6.45, 7) is 0.427. The summed E-state index contributed by atoms with van der Waals surface area (Å²) in [6, 6.07) is 15.6. The molecular formula is C33H38N4O8S2. The maximum atomic E-state index is 13.8. The van der Waals surface area contributed by atoms with Crippen molar-refractivity contribution in [1.29, 1.82) is 0 Å². The molecule has 0 bridgehead atoms. The van der Waals surface area contributed by atoms with Crippen molar-refractivity contribution < 1.29 is 32.5 Å². The van der Waals surface area contributed by atoms with Gasteiger partial charge in [-0.3, -0.25) is 9.36 Å². The molecule has 0 radical (unpaired) electrons. The third-order valence-corrected chi connectivity index (χ3v) is 11.3. The van der Waals surface area contributed by atoms with Crippen molar-refractivity contribution >= 4 is 38.3 Å². The minimum atomic E-state index is -3.91. The molecule has 2 atom stereocenters. The number of hydrogen-bond acceptors (Lipinski definition) is 9. The lowest BCUT2D eigenvalue weighted by atomic mass is 9.95. The molecule has 2 aliphatic rings. The van der Waals surface area contributed by atoms with Gasteiger partial charge in [0.25, 0.3) is 5.91 Å². The molecule has 2 aliphatic heterocycles. The first kappa shape index (κ1) is 33.0. The topological polar surface area (TPSA) is 143 Å². The van der Waals surface area contributed by atoms with Crippen LogP contribution in [0.4, 0.5) is 0 Å². The van der Waals surface area contributed by atoms with Crippen molar-refractivity contribution in [1.82, 2.24) is 18.8 Å². The highest BCUT2D eigenvalue weighted by molar-refractivity contribution is 7.89. The van der Waals surface area contributed by atoms with Gasteiger partial charge in [-0.2, -0.15) is 15.6 Å². The number of nitrogens with zero attached hydrogens (tertiary/aromatic N) is 3. The number of nitrogens with one attached hydrogen (secondary N) is 1. The van der Waals surface area contributed by atoms with Crippen molar-refractivity contribution in [3.8, 4) is 5.75 Å². The van der Waals surface area contributed by atoms with Gasteiger partial charge in [0, 0.05) is 44.6 Å². The molecular weight excluding hydrogens is 645 g/mol. The van der Waals surface area contributed by atoms with Gasteiger partial charge in [0.1, 0.15) is 5.75 Å². The van der Waals surface area contributed by atoms with E-state index in [9.17, 15) is 23.1 Å². The molecule has 14 heteroatoms. The Labute approximate surface area is 276 Å². The lowest BCUT2D eigenvalue weighted by Gasteiger charge is -2.35. The van der Waals surface area contributed by atoms with Crippen LogP contribution in [0.3, 0.4) is 0 Å². The maximum absolute atomic E-state index is 13.8. The second-order valence-corrected chi connectivity index (χ2v) is 14.2. The van der Waals surface area contributed by atoms with Crippen molar-refractivity contribution in [2.75, 3.05) is 46.5 Å². The highest BCUT2D eigenvalue weighted by Gasteiger charge is 2.34. The Kier molecular flexibility index (Phi) is 10.1. The van der Waals surface area contributed by atoms with E-state index in [1.54, 1.807) is 32.9 Å². The fourth-order valence-electron chi connectivity index (χ4n) is 6.20. The Hall–Kier alpha value is -3.95. The fourth-order valence-corrected chi connectivity index (χ4v) is 8.34. The average molecular weight is 683 g/mol. The number of aliphatic hydroxyl groups excluding tert-OH is 1. The van der Waals surface area contributed by atoms with E-state index in [0.29, 0.717) is 38.1 Å². The molecule has 47 heavy (non-hydrogen) atoms. The zero-order valence-corrected chi connectivity index (χ0v) is 27.6. The van der Waals surface area contributed by atoms with Crippen molar-refractivity contribution in [2.24, 2.45) is 0 Å². The standard InChI is InChI=1S/C33H38N4O8S2/c1-43-26-6-8-27(9-7-26)47(41,42)36(15-17-38)16-18-44-31-21-24(23-12-19-46-22-23)20-30(45-31)32(39)35-13-10-25(11-14-35)37-29-5-3-2-4-28(29)34-33(37)40/h2-9,12,19-20,22,24-25,31,38H,10-11,13-18,21H2,1H3,(H,34,40). The molecule has 4 aromatic rings. The van der Waals surface area contributed by atoms with Gasteiger partial charge < -0.3 is 29.2 Å². The lowest BCUT2D eigenvalue weighted by molar-refractivity contribution is -0.153. The Balaban J connectivity index is 1.11. The molecule has 1 fully saturated rings. The number of aromatic nitrogens is 2. The molecule has 0 saturated carbocycles. The minimum Gasteiger partial charge on any atom is -0.497 e. The number of fused-ring (bicyclic) bond motifs is 1. The Morgan fingerprint density at radius 3 is 2.57 bits per heavy atom. The van der Waals surface area contributed by atoms with Gasteiger partial charge >= 0.3 is 5.69 Å². The molecule has 2 N–H and O–H groups in total. The van der Waals surface area contributed by atoms with Crippen LogP contribution in [0.25, 0.3) is 11.0 Å². The molecule has 1 saturated heterocycles. The number of benzene rings is 2. The van der Waals surface area contributed by atoms with Crippen LogP contribution in [0, 0.1) is 0 Å². The number of likely N-dealkylation sites (tertiary alicyclic amines) is 1. The highest BCUT2D eigenvalue weighted by Crippen LogP contribution is 2.34. The number of piperidine rings is 1. The van der Waals surface area contributed by atoms with Crippen LogP contribution in [0.15, 0.2) is 86.9 Å². The van der Waals surface area contributed by atoms with Crippen molar-refractivity contribution in [3.05, 3.63) is 93.2 Å². The molecule has 4 heterocycles. The van der Waals surface area contributed by atoms with Gasteiger partial charge in [-0.05, 0) is 77.7 Å². The van der Waals surface area contributed by atoms with E-state index in [1.165, 1.54) is 23.5 Å². The number of allylic oxidation sites excluding steroid dienone is 1. The number of H-pyrrole nitrogens is 1. The Bertz CT molecular complexity index is 1860. The number of amides is 1. The monoisotopic (exact) mass is 682 g/mol. The summed E-state index contributed by atoms with van der Waals surface area (Å²) in [5.41, 5.74) is 2.54. The molecule has 2 aromatic heterocycles. The van der Waals surface area contributed by atoms with Gasteiger partial charge in [-0.1, -0.05) is 12.1 Å². The summed E-state index contributed by atoms with van der Waals surface area (Å²) < 4.78 is 46.9. The number of hydrogen-bond donors (Lipinski definition) is 2. The average Bonchev–Trinajstić information content (AvgIpc) is 3.75. The van der Waals surface area contributed by atoms with E-state index in [0.717, 1.165) is 16.6 Å². The zero-order valence-electron chi connectivity index (χ0n) is 26.0. The molecule has 6 rings (SSSR count). The molecule has 12 nitrogen and oxygen atoms in total. The number of carbonyl (C=O) groups excluding carboxylic acids is 1. The molecule has 1 amide bonds. The molecule has 2 unspecified atom stereocenters. The summed E-state index contributed by atoms with van der Waals surface area (Å²) in [6.07, 6.45) is 2.75. The second-order valence-electron chi connectivity index (χ2n) is 11.5. The largest absolute Gasteiger partial charge is 0.497 e. The summed E-state index contributed by atoms with van der Waals surface area (Å²) in [5, 5.41) is 13.6. The number of para-hydroxylation sites is 2. The van der Waals surface area contributed by atoms with Crippen LogP contribution in [0.1, 0.15) is 36.8 Å². The van der Waals surface area contributed by atoms with E-state index < -0.39 is 16.3 Å². The smallest absolute Gasteiger partial charge is 0.326 e. The van der Waals surface area contributed by atoms with Gasteiger partial charge in [0.2, 0.25) is 16.3 Å². The first-order chi connectivity index (χ1) is 22.8. The summed E-state index contributed by atoms with van der Waals surface area (Å²) >= 11 is 1.56. The first-order valence-electron chi connectivity index (χ1n) is 15.5. The van der Waals surface area contributed by atoms with E-state index >= 15 is 0 Å². The van der Waals surface area contributed by atoms with Crippen LogP contribution in [0.2, 0.25) is 0 Å². The third-order valence-electron chi connectivity index (χ3n) is 8.67. The number of carbonyl (C=O) groups is 1. The van der Waals surface area contributed by atoms with Crippen LogP contribution < -0.4 is 10.4 Å². The number of methoxy groups -OCH3 is 1. The zero-order chi connectivity index (χ0) is 33.0. The lowest BCUT2D eigenvalue weighted by Crippen LogP contribution is -2.43. The number of aliphatic hydroxyl groups is 1. The minimum absolute atomic E-state index is 0.0113. The van der Waals surface area contributed by atoms with Crippen LogP contribution in [-0.4, -0.2) is 91.0 Å². The fraction of sp³-hybridized carbons (Fsp3) is 0.394. The number of thiophene rings is 1. The second kappa shape index (κ2) is 14.4. The van der Waals surface area contributed by atoms with Gasteiger partial charge in [0.15, 0.2) is 5.76 Å². The number of aromatic amines is 1. The number of ether oxygens (including phenoxy) is 3. The van der Waals surface area contributed by atoms with Crippen LogP contribution in [0.5, 0.6) is 5.75 Å². The van der Waals surface area contributed by atoms with E-state index in [4.69, 9.17) is 14.2 Å². The molecule has 0 spiro atoms. The number of imidazole rings is 1. The quantitative estimate of drug-likeness (QED) is 0.231. The summed E-state index contributed by atoms with van der Waals surface area (Å²) in [7, 11) is -2.41. The first-order valence-corrected chi connectivity index (χ1v) is 17.9. The van der Waals surface area contributed by atoms with E-state index in [1.807, 2.05) is 47.2 Å². The highest BCUT2D eigenvalue weighted by atomic mass is 32.2. The Morgan fingerprint density at radius 2 is 1.87 bits per heavy atom. The van der Waals surface area contributed by atoms with Gasteiger partial charge in [-0.25, -0.2) is 13.2 Å². The SMILES string of the molecule is COc1ccc(S(=O)(=O)N(CCO)CCOC2CC(c3ccsc3)C=C(C(=O)N3CCC(n4c(=O)[nH]c5ccccc54)CC3)O2)cc1. The van der Waals surface area contributed by atoms with Gasteiger partial charge in [0.05, 0.1) is 36.3 Å². The normalized spacial score (nSPS) is 19.1. The van der Waals surface area contributed by atoms with Crippen LogP contribution in [-0.2, 0) is 24.3 Å².